The zero-order valence-corrected chi connectivity index (χ0v) is 11.2. The average Bonchev–Trinajstić information content (AvgIpc) is 2.84. The van der Waals surface area contributed by atoms with Crippen LogP contribution in [0, 0.1) is 0 Å². The van der Waals surface area contributed by atoms with Crippen molar-refractivity contribution in [3.05, 3.63) is 56.7 Å². The van der Waals surface area contributed by atoms with Gasteiger partial charge in [-0.05, 0) is 29.7 Å². The second kappa shape index (κ2) is 4.84. The van der Waals surface area contributed by atoms with Gasteiger partial charge in [0.2, 0.25) is 0 Å². The standard InChI is InChI=1S/C14H12ClNOS/c15-12-6-5-11(18-12)14(17)13-10-4-2-1-3-9(10)7-8-16-13/h1-6,13,16H,7-8H2. The van der Waals surface area contributed by atoms with E-state index in [9.17, 15) is 4.79 Å². The molecule has 0 spiro atoms. The Kier molecular flexibility index (Phi) is 3.20. The molecule has 1 aromatic carbocycles. The first-order valence-corrected chi connectivity index (χ1v) is 7.06. The van der Waals surface area contributed by atoms with Crippen molar-refractivity contribution in [2.75, 3.05) is 6.54 Å². The summed E-state index contributed by atoms with van der Waals surface area (Å²) in [4.78, 5) is 13.2. The quantitative estimate of drug-likeness (QED) is 0.852. The second-order valence-corrected chi connectivity index (χ2v) is 6.02. The summed E-state index contributed by atoms with van der Waals surface area (Å²) in [6.45, 7) is 0.840. The van der Waals surface area contributed by atoms with Gasteiger partial charge in [0.1, 0.15) is 0 Å². The summed E-state index contributed by atoms with van der Waals surface area (Å²) in [6.07, 6.45) is 0.977. The van der Waals surface area contributed by atoms with Gasteiger partial charge < -0.3 is 5.32 Å². The van der Waals surface area contributed by atoms with Crippen LogP contribution in [0.3, 0.4) is 0 Å². The monoisotopic (exact) mass is 277 g/mol. The van der Waals surface area contributed by atoms with Crippen LogP contribution in [0.4, 0.5) is 0 Å². The molecule has 0 saturated heterocycles. The van der Waals surface area contributed by atoms with Crippen molar-refractivity contribution in [1.82, 2.24) is 5.32 Å². The summed E-state index contributed by atoms with van der Waals surface area (Å²) >= 11 is 7.23. The molecule has 18 heavy (non-hydrogen) atoms. The van der Waals surface area contributed by atoms with Crippen LogP contribution in [0.1, 0.15) is 26.8 Å². The summed E-state index contributed by atoms with van der Waals surface area (Å²) in [5, 5.41) is 3.30. The molecule has 0 amide bonds. The van der Waals surface area contributed by atoms with Gasteiger partial charge in [-0.2, -0.15) is 0 Å². The molecule has 2 heterocycles. The Labute approximate surface area is 115 Å². The van der Waals surface area contributed by atoms with Gasteiger partial charge in [-0.15, -0.1) is 11.3 Å². The number of benzene rings is 1. The van der Waals surface area contributed by atoms with Crippen molar-refractivity contribution >= 4 is 28.7 Å². The fourth-order valence-electron chi connectivity index (χ4n) is 2.33. The molecule has 2 nitrogen and oxygen atoms in total. The second-order valence-electron chi connectivity index (χ2n) is 4.30. The molecule has 2 aromatic rings. The van der Waals surface area contributed by atoms with Gasteiger partial charge in [-0.1, -0.05) is 35.9 Å². The number of thiophene rings is 1. The molecule has 1 unspecified atom stereocenters. The number of rotatable bonds is 2. The molecule has 0 aliphatic carbocycles. The molecule has 1 aromatic heterocycles. The van der Waals surface area contributed by atoms with Crippen LogP contribution in [-0.4, -0.2) is 12.3 Å². The van der Waals surface area contributed by atoms with E-state index < -0.39 is 0 Å². The van der Waals surface area contributed by atoms with Crippen LogP contribution in [-0.2, 0) is 6.42 Å². The normalized spacial score (nSPS) is 18.4. The number of carbonyl (C=O) groups is 1. The highest BCUT2D eigenvalue weighted by Gasteiger charge is 2.27. The lowest BCUT2D eigenvalue weighted by molar-refractivity contribution is 0.0943. The van der Waals surface area contributed by atoms with Crippen molar-refractivity contribution in [2.24, 2.45) is 0 Å². The maximum atomic E-state index is 12.5. The van der Waals surface area contributed by atoms with Gasteiger partial charge in [-0.25, -0.2) is 0 Å². The molecule has 1 atom stereocenters. The van der Waals surface area contributed by atoms with Gasteiger partial charge in [0.05, 0.1) is 15.3 Å². The van der Waals surface area contributed by atoms with E-state index in [2.05, 4.69) is 11.4 Å². The van der Waals surface area contributed by atoms with Crippen molar-refractivity contribution in [1.29, 1.82) is 0 Å². The fraction of sp³-hybridized carbons (Fsp3) is 0.214. The third-order valence-corrected chi connectivity index (χ3v) is 4.43. The smallest absolute Gasteiger partial charge is 0.194 e. The molecule has 4 heteroatoms. The third kappa shape index (κ3) is 2.09. The van der Waals surface area contributed by atoms with Gasteiger partial charge in [0, 0.05) is 6.54 Å². The number of nitrogens with one attached hydrogen (secondary N) is 1. The number of hydrogen-bond acceptors (Lipinski definition) is 3. The molecule has 0 radical (unpaired) electrons. The summed E-state index contributed by atoms with van der Waals surface area (Å²) in [5.74, 6) is 0.110. The van der Waals surface area contributed by atoms with E-state index in [1.165, 1.54) is 16.9 Å². The Morgan fingerprint density at radius 2 is 2.11 bits per heavy atom. The molecular formula is C14H12ClNOS. The highest BCUT2D eigenvalue weighted by Crippen LogP contribution is 2.29. The largest absolute Gasteiger partial charge is 0.303 e. The van der Waals surface area contributed by atoms with Crippen LogP contribution >= 0.6 is 22.9 Å². The first kappa shape index (κ1) is 11.9. The predicted octanol–water partition coefficient (Wildman–Crippen LogP) is 3.47. The number of fused-ring (bicyclic) bond motifs is 1. The SMILES string of the molecule is O=C(c1ccc(Cl)s1)C1NCCc2ccccc21. The van der Waals surface area contributed by atoms with Crippen molar-refractivity contribution in [3.8, 4) is 0 Å². The molecular weight excluding hydrogens is 266 g/mol. The number of carbonyl (C=O) groups excluding carboxylic acids is 1. The summed E-state index contributed by atoms with van der Waals surface area (Å²) in [7, 11) is 0. The third-order valence-electron chi connectivity index (χ3n) is 3.19. The van der Waals surface area contributed by atoms with Crippen LogP contribution in [0.2, 0.25) is 4.34 Å². The minimum atomic E-state index is -0.232. The molecule has 0 bridgehead atoms. The molecule has 1 aliphatic rings. The van der Waals surface area contributed by atoms with E-state index in [4.69, 9.17) is 11.6 Å². The zero-order chi connectivity index (χ0) is 12.5. The predicted molar refractivity (Wildman–Crippen MR) is 74.5 cm³/mol. The lowest BCUT2D eigenvalue weighted by Crippen LogP contribution is -2.34. The number of halogens is 1. The minimum absolute atomic E-state index is 0.110. The van der Waals surface area contributed by atoms with Crippen LogP contribution < -0.4 is 5.32 Å². The molecule has 1 aliphatic heterocycles. The van der Waals surface area contributed by atoms with Crippen molar-refractivity contribution < 1.29 is 4.79 Å². The lowest BCUT2D eigenvalue weighted by Gasteiger charge is -2.25. The number of ketones is 1. The van der Waals surface area contributed by atoms with Gasteiger partial charge in [0.25, 0.3) is 0 Å². The van der Waals surface area contributed by atoms with E-state index in [-0.39, 0.29) is 11.8 Å². The molecule has 1 N–H and O–H groups in total. The van der Waals surface area contributed by atoms with E-state index in [0.717, 1.165) is 18.5 Å². The first-order chi connectivity index (χ1) is 8.75. The Morgan fingerprint density at radius 1 is 1.28 bits per heavy atom. The average molecular weight is 278 g/mol. The number of Topliss-reactive ketones (excluding diaryl/α,β-unsaturated/α-hetero) is 1. The Hall–Kier alpha value is -1.16. The Balaban J connectivity index is 1.96. The summed E-state index contributed by atoms with van der Waals surface area (Å²) < 4.78 is 0.655. The van der Waals surface area contributed by atoms with Crippen molar-refractivity contribution in [2.45, 2.75) is 12.5 Å². The molecule has 0 fully saturated rings. The van der Waals surface area contributed by atoms with Crippen LogP contribution in [0.25, 0.3) is 0 Å². The minimum Gasteiger partial charge on any atom is -0.303 e. The van der Waals surface area contributed by atoms with Gasteiger partial charge in [-0.3, -0.25) is 4.79 Å². The number of hydrogen-bond donors (Lipinski definition) is 1. The summed E-state index contributed by atoms with van der Waals surface area (Å²) in [5.41, 5.74) is 2.36. The van der Waals surface area contributed by atoms with Crippen LogP contribution in [0.15, 0.2) is 36.4 Å². The fourth-order valence-corrected chi connectivity index (χ4v) is 3.34. The first-order valence-electron chi connectivity index (χ1n) is 5.86. The molecule has 3 rings (SSSR count). The van der Waals surface area contributed by atoms with Crippen LogP contribution in [0.5, 0.6) is 0 Å². The highest BCUT2D eigenvalue weighted by molar-refractivity contribution is 7.18. The van der Waals surface area contributed by atoms with E-state index in [0.29, 0.717) is 9.21 Å². The molecule has 92 valence electrons. The maximum Gasteiger partial charge on any atom is 0.194 e. The van der Waals surface area contributed by atoms with E-state index in [1.807, 2.05) is 18.2 Å². The van der Waals surface area contributed by atoms with E-state index >= 15 is 0 Å². The highest BCUT2D eigenvalue weighted by atomic mass is 35.5. The molecule has 0 saturated carbocycles. The zero-order valence-electron chi connectivity index (χ0n) is 9.65. The van der Waals surface area contributed by atoms with E-state index in [1.54, 1.807) is 12.1 Å². The summed E-state index contributed by atoms with van der Waals surface area (Å²) in [6, 6.07) is 11.5. The van der Waals surface area contributed by atoms with Gasteiger partial charge >= 0.3 is 0 Å². The lowest BCUT2D eigenvalue weighted by atomic mass is 9.91. The Bertz CT molecular complexity index is 593. The maximum absolute atomic E-state index is 12.5. The Morgan fingerprint density at radius 3 is 2.89 bits per heavy atom. The van der Waals surface area contributed by atoms with Crippen molar-refractivity contribution in [3.63, 3.8) is 0 Å². The topological polar surface area (TPSA) is 29.1 Å². The van der Waals surface area contributed by atoms with Gasteiger partial charge in [0.15, 0.2) is 5.78 Å².